The molecule has 0 aromatic heterocycles. The molecule has 0 aliphatic heterocycles. The second-order valence-electron chi connectivity index (χ2n) is 5.37. The molecule has 0 spiro atoms. The van der Waals surface area contributed by atoms with E-state index in [4.69, 9.17) is 0 Å². The van der Waals surface area contributed by atoms with Crippen molar-refractivity contribution in [2.45, 2.75) is 41.5 Å². The molecule has 1 aliphatic carbocycles. The van der Waals surface area contributed by atoms with Crippen LogP contribution in [0.1, 0.15) is 41.5 Å². The van der Waals surface area contributed by atoms with Crippen molar-refractivity contribution in [3.05, 3.63) is 23.3 Å². The molecule has 0 radical (unpaired) electrons. The Morgan fingerprint density at radius 3 is 1.33 bits per heavy atom. The minimum absolute atomic E-state index is 0. The van der Waals surface area contributed by atoms with Gasteiger partial charge in [-0.15, -0.1) is 0 Å². The number of rotatable bonds is 3. The van der Waals surface area contributed by atoms with Crippen LogP contribution in [0.5, 0.6) is 0 Å². The molecule has 0 nitrogen and oxygen atoms in total. The van der Waals surface area contributed by atoms with Crippen molar-refractivity contribution in [1.29, 1.82) is 0 Å². The minimum atomic E-state index is 0. The van der Waals surface area contributed by atoms with Gasteiger partial charge in [-0.1, -0.05) is 53.7 Å². The summed E-state index contributed by atoms with van der Waals surface area (Å²) in [6.07, 6.45) is 4.95. The molecule has 0 atom stereocenters. The Morgan fingerprint density at radius 1 is 0.800 bits per heavy atom. The molecule has 0 amide bonds. The van der Waals surface area contributed by atoms with E-state index in [1.807, 2.05) is 0 Å². The van der Waals surface area contributed by atoms with Crippen LogP contribution in [0.2, 0.25) is 0 Å². The third-order valence-corrected chi connectivity index (χ3v) is 3.09. The van der Waals surface area contributed by atoms with E-state index in [2.05, 4.69) is 53.7 Å². The fraction of sp³-hybridized carbons (Fsp3) is 0.714. The fourth-order valence-corrected chi connectivity index (χ4v) is 2.09. The maximum absolute atomic E-state index is 2.48. The first-order chi connectivity index (χ1) is 6.43. The van der Waals surface area contributed by atoms with Crippen LogP contribution >= 0.6 is 0 Å². The van der Waals surface area contributed by atoms with Gasteiger partial charge in [0, 0.05) is 0 Å². The molecule has 1 heteroatoms. The van der Waals surface area contributed by atoms with Crippen LogP contribution in [-0.4, -0.2) is 51.4 Å². The summed E-state index contributed by atoms with van der Waals surface area (Å²) in [5.74, 6) is 2.75. The number of allylic oxidation sites excluding steroid dienone is 4. The van der Waals surface area contributed by atoms with Gasteiger partial charge in [0.05, 0.1) is 0 Å². The van der Waals surface area contributed by atoms with Crippen molar-refractivity contribution in [3.8, 4) is 0 Å². The molecule has 15 heavy (non-hydrogen) atoms. The summed E-state index contributed by atoms with van der Waals surface area (Å²) >= 11 is 0. The standard InChI is InChI=1S/C14H24.K.H/c1-9(2)12-7-13(10(3)4)14(8-12)11(5)6;;/h7-12H,1-6H3;;. The van der Waals surface area contributed by atoms with Crippen molar-refractivity contribution < 1.29 is 0 Å². The molecule has 0 aromatic carbocycles. The second kappa shape index (κ2) is 6.76. The maximum atomic E-state index is 2.48. The number of hydrogen-bond donors (Lipinski definition) is 0. The van der Waals surface area contributed by atoms with Crippen molar-refractivity contribution in [3.63, 3.8) is 0 Å². The van der Waals surface area contributed by atoms with Crippen LogP contribution in [0.4, 0.5) is 0 Å². The van der Waals surface area contributed by atoms with Gasteiger partial charge in [0.1, 0.15) is 0 Å². The molecule has 0 unspecified atom stereocenters. The average Bonchev–Trinajstić information content (AvgIpc) is 2.47. The van der Waals surface area contributed by atoms with Gasteiger partial charge in [-0.3, -0.25) is 0 Å². The van der Waals surface area contributed by atoms with Gasteiger partial charge in [-0.2, -0.15) is 0 Å². The molecule has 0 saturated carbocycles. The molecule has 0 saturated heterocycles. The SMILES string of the molecule is CC(C)C1=CC(C(C)C)C=C1C(C)C.[KH]. The van der Waals surface area contributed by atoms with Crippen LogP contribution < -0.4 is 0 Å². The number of hydrogen-bond acceptors (Lipinski definition) is 0. The topological polar surface area (TPSA) is 0 Å². The molecule has 1 rings (SSSR count). The van der Waals surface area contributed by atoms with Gasteiger partial charge in [0.2, 0.25) is 0 Å². The van der Waals surface area contributed by atoms with Crippen molar-refractivity contribution in [2.24, 2.45) is 23.7 Å². The van der Waals surface area contributed by atoms with Gasteiger partial charge >= 0.3 is 51.4 Å². The third-order valence-electron chi connectivity index (χ3n) is 3.09. The summed E-state index contributed by atoms with van der Waals surface area (Å²) in [6, 6.07) is 0. The quantitative estimate of drug-likeness (QED) is 0.650. The first-order valence-corrected chi connectivity index (χ1v) is 5.87. The summed E-state index contributed by atoms with van der Waals surface area (Å²) in [5, 5.41) is 0. The Balaban J connectivity index is 0.00000196. The first kappa shape index (κ1) is 16.1. The molecule has 0 aromatic rings. The molecule has 0 bridgehead atoms. The van der Waals surface area contributed by atoms with Gasteiger partial charge in [0.25, 0.3) is 0 Å². The summed E-state index contributed by atoms with van der Waals surface area (Å²) in [4.78, 5) is 0. The van der Waals surface area contributed by atoms with Crippen LogP contribution in [0.25, 0.3) is 0 Å². The van der Waals surface area contributed by atoms with Crippen molar-refractivity contribution in [2.75, 3.05) is 0 Å². The normalized spacial score (nSPS) is 17.1. The van der Waals surface area contributed by atoms with E-state index < -0.39 is 0 Å². The van der Waals surface area contributed by atoms with Crippen LogP contribution in [0, 0.1) is 23.7 Å². The van der Waals surface area contributed by atoms with E-state index in [0.29, 0.717) is 17.8 Å². The van der Waals surface area contributed by atoms with Crippen molar-refractivity contribution in [1.82, 2.24) is 0 Å². The molecular formula is C14H25K. The molecule has 0 N–H and O–H groups in total. The Hall–Kier alpha value is 1.12. The summed E-state index contributed by atoms with van der Waals surface area (Å²) in [7, 11) is 0. The van der Waals surface area contributed by atoms with Gasteiger partial charge in [-0.25, -0.2) is 0 Å². The zero-order valence-electron chi connectivity index (χ0n) is 10.5. The van der Waals surface area contributed by atoms with Gasteiger partial charge < -0.3 is 0 Å². The van der Waals surface area contributed by atoms with Gasteiger partial charge in [0.15, 0.2) is 0 Å². The monoisotopic (exact) mass is 232 g/mol. The van der Waals surface area contributed by atoms with E-state index in [0.717, 1.165) is 5.92 Å². The third kappa shape index (κ3) is 4.12. The Bertz CT molecular complexity index is 233. The van der Waals surface area contributed by atoms with E-state index in [1.165, 1.54) is 0 Å². The van der Waals surface area contributed by atoms with E-state index >= 15 is 0 Å². The fourth-order valence-electron chi connectivity index (χ4n) is 2.09. The van der Waals surface area contributed by atoms with Crippen LogP contribution in [0.15, 0.2) is 23.3 Å². The molecule has 0 heterocycles. The second-order valence-corrected chi connectivity index (χ2v) is 5.37. The van der Waals surface area contributed by atoms with E-state index in [-0.39, 0.29) is 51.4 Å². The summed E-state index contributed by atoms with van der Waals surface area (Å²) in [5.41, 5.74) is 3.16. The molecule has 82 valence electrons. The molecule has 1 aliphatic rings. The molecular weight excluding hydrogens is 207 g/mol. The Kier molecular flexibility index (Phi) is 7.26. The zero-order chi connectivity index (χ0) is 10.9. The summed E-state index contributed by atoms with van der Waals surface area (Å²) in [6.45, 7) is 13.8. The van der Waals surface area contributed by atoms with Crippen molar-refractivity contribution >= 4 is 51.4 Å². The van der Waals surface area contributed by atoms with Gasteiger partial charge in [-0.05, 0) is 34.8 Å². The average molecular weight is 232 g/mol. The van der Waals surface area contributed by atoms with E-state index in [9.17, 15) is 0 Å². The Labute approximate surface area is 138 Å². The predicted molar refractivity (Wildman–Crippen MR) is 71.3 cm³/mol. The zero-order valence-corrected chi connectivity index (χ0v) is 10.5. The predicted octanol–water partition coefficient (Wildman–Crippen LogP) is 3.79. The van der Waals surface area contributed by atoms with E-state index in [1.54, 1.807) is 11.1 Å². The van der Waals surface area contributed by atoms with Crippen LogP contribution in [0.3, 0.4) is 0 Å². The Morgan fingerprint density at radius 2 is 1.13 bits per heavy atom. The van der Waals surface area contributed by atoms with Crippen LogP contribution in [-0.2, 0) is 0 Å². The molecule has 0 fully saturated rings. The first-order valence-electron chi connectivity index (χ1n) is 5.87. The summed E-state index contributed by atoms with van der Waals surface area (Å²) < 4.78 is 0.